The van der Waals surface area contributed by atoms with Crippen molar-refractivity contribution in [2.45, 2.75) is 225 Å². The molecule has 0 spiro atoms. The molecule has 0 fully saturated rings. The van der Waals surface area contributed by atoms with Gasteiger partial charge in [0.05, 0.1) is 6.54 Å². The minimum atomic E-state index is 0.514. The van der Waals surface area contributed by atoms with Crippen molar-refractivity contribution >= 4 is 6.29 Å². The van der Waals surface area contributed by atoms with Crippen LogP contribution in [0.5, 0.6) is 0 Å². The van der Waals surface area contributed by atoms with Crippen LogP contribution in [0.3, 0.4) is 0 Å². The highest BCUT2D eigenvalue weighted by atomic mass is 16.1. The summed E-state index contributed by atoms with van der Waals surface area (Å²) in [5, 5.41) is 3.14. The minimum Gasteiger partial charge on any atom is -0.310 e. The number of hydrogen-bond donors (Lipinski definition) is 1. The zero-order valence-corrected chi connectivity index (χ0v) is 27.9. The Hall–Kier alpha value is -0.370. The molecule has 0 aromatic rings. The first-order chi connectivity index (χ1) is 19.9. The molecule has 240 valence electrons. The van der Waals surface area contributed by atoms with Gasteiger partial charge in [0.1, 0.15) is 6.29 Å². The SMILES string of the molecule is CCCCCCCCCCCCCCCCCCCCCCCCCCCCCCCCCCCCNCC=O. The maximum Gasteiger partial charge on any atom is 0.133 e. The smallest absolute Gasteiger partial charge is 0.133 e. The second-order valence-electron chi connectivity index (χ2n) is 13.0. The van der Waals surface area contributed by atoms with Crippen molar-refractivity contribution < 1.29 is 4.79 Å². The lowest BCUT2D eigenvalue weighted by molar-refractivity contribution is -0.107. The maximum absolute atomic E-state index is 10.2. The van der Waals surface area contributed by atoms with E-state index >= 15 is 0 Å². The van der Waals surface area contributed by atoms with Gasteiger partial charge in [0, 0.05) is 0 Å². The van der Waals surface area contributed by atoms with Crippen LogP contribution >= 0.6 is 0 Å². The van der Waals surface area contributed by atoms with Crippen LogP contribution in [0.1, 0.15) is 225 Å². The van der Waals surface area contributed by atoms with Gasteiger partial charge in [-0.2, -0.15) is 0 Å². The maximum atomic E-state index is 10.2. The van der Waals surface area contributed by atoms with Gasteiger partial charge in [-0.25, -0.2) is 0 Å². The molecule has 0 saturated heterocycles. The topological polar surface area (TPSA) is 29.1 Å². The van der Waals surface area contributed by atoms with E-state index in [1.807, 2.05) is 0 Å². The molecule has 0 aromatic carbocycles. The first-order valence-electron chi connectivity index (χ1n) is 19.1. The average molecular weight is 564 g/mol. The Morgan fingerprint density at radius 3 is 0.725 bits per heavy atom. The quantitative estimate of drug-likeness (QED) is 0.0601. The molecule has 0 bridgehead atoms. The van der Waals surface area contributed by atoms with Crippen LogP contribution < -0.4 is 5.32 Å². The lowest BCUT2D eigenvalue weighted by atomic mass is 10.0. The molecular formula is C38H77NO. The first kappa shape index (κ1) is 39.6. The molecule has 2 heteroatoms. The summed E-state index contributed by atoms with van der Waals surface area (Å²) in [4.78, 5) is 10.2. The van der Waals surface area contributed by atoms with E-state index in [1.54, 1.807) is 0 Å². The van der Waals surface area contributed by atoms with Crippen molar-refractivity contribution in [3.63, 3.8) is 0 Å². The molecule has 0 radical (unpaired) electrons. The summed E-state index contributed by atoms with van der Waals surface area (Å²) >= 11 is 0. The van der Waals surface area contributed by atoms with Crippen LogP contribution in [0.2, 0.25) is 0 Å². The van der Waals surface area contributed by atoms with Crippen LogP contribution in [-0.2, 0) is 4.79 Å². The molecule has 0 saturated carbocycles. The lowest BCUT2D eigenvalue weighted by Crippen LogP contribution is -2.17. The van der Waals surface area contributed by atoms with Gasteiger partial charge in [-0.05, 0) is 13.0 Å². The van der Waals surface area contributed by atoms with Crippen molar-refractivity contribution in [2.24, 2.45) is 0 Å². The largest absolute Gasteiger partial charge is 0.310 e. The Bertz CT molecular complexity index is 437. The summed E-state index contributed by atoms with van der Waals surface area (Å²) in [6.07, 6.45) is 50.3. The molecule has 0 rings (SSSR count). The van der Waals surface area contributed by atoms with Crippen LogP contribution in [0.4, 0.5) is 0 Å². The van der Waals surface area contributed by atoms with E-state index in [0.717, 1.165) is 12.8 Å². The predicted octanol–water partition coefficient (Wildman–Crippen LogP) is 13.1. The molecule has 0 unspecified atom stereocenters. The van der Waals surface area contributed by atoms with Crippen molar-refractivity contribution in [1.29, 1.82) is 0 Å². The monoisotopic (exact) mass is 564 g/mol. The Morgan fingerprint density at radius 1 is 0.325 bits per heavy atom. The van der Waals surface area contributed by atoms with E-state index < -0.39 is 0 Å². The first-order valence-corrected chi connectivity index (χ1v) is 19.1. The summed E-state index contributed by atoms with van der Waals surface area (Å²) in [5.74, 6) is 0. The van der Waals surface area contributed by atoms with Gasteiger partial charge in [0.15, 0.2) is 0 Å². The molecule has 0 aliphatic rings. The van der Waals surface area contributed by atoms with E-state index in [9.17, 15) is 4.79 Å². The van der Waals surface area contributed by atoms with Gasteiger partial charge in [-0.15, -0.1) is 0 Å². The summed E-state index contributed by atoms with van der Waals surface area (Å²) in [6.45, 7) is 3.82. The second-order valence-corrected chi connectivity index (χ2v) is 13.0. The molecule has 2 nitrogen and oxygen atoms in total. The average Bonchev–Trinajstić information content (AvgIpc) is 2.97. The summed E-state index contributed by atoms with van der Waals surface area (Å²) in [5.41, 5.74) is 0. The van der Waals surface area contributed by atoms with E-state index in [-0.39, 0.29) is 0 Å². The van der Waals surface area contributed by atoms with Gasteiger partial charge in [-0.3, -0.25) is 0 Å². The molecule has 0 atom stereocenters. The Labute approximate surface area is 254 Å². The fourth-order valence-electron chi connectivity index (χ4n) is 6.14. The number of rotatable bonds is 37. The Morgan fingerprint density at radius 2 is 0.525 bits per heavy atom. The highest BCUT2D eigenvalue weighted by molar-refractivity contribution is 5.51. The third-order valence-corrected chi connectivity index (χ3v) is 8.93. The van der Waals surface area contributed by atoms with Gasteiger partial charge >= 0.3 is 0 Å². The highest BCUT2D eigenvalue weighted by Crippen LogP contribution is 2.17. The number of aldehydes is 1. The molecule has 1 N–H and O–H groups in total. The minimum absolute atomic E-state index is 0.514. The number of hydrogen-bond acceptors (Lipinski definition) is 2. The van der Waals surface area contributed by atoms with Crippen LogP contribution in [-0.4, -0.2) is 19.4 Å². The Kier molecular flexibility index (Phi) is 38.3. The molecule has 0 aromatic heterocycles. The van der Waals surface area contributed by atoms with Gasteiger partial charge in [0.2, 0.25) is 0 Å². The fraction of sp³-hybridized carbons (Fsp3) is 0.974. The fourth-order valence-corrected chi connectivity index (χ4v) is 6.14. The number of carbonyl (C=O) groups is 1. The summed E-state index contributed by atoms with van der Waals surface area (Å²) < 4.78 is 0. The van der Waals surface area contributed by atoms with Crippen LogP contribution in [0.25, 0.3) is 0 Å². The molecule has 0 aliphatic heterocycles. The summed E-state index contributed by atoms with van der Waals surface area (Å²) in [7, 11) is 0. The number of nitrogens with one attached hydrogen (secondary N) is 1. The van der Waals surface area contributed by atoms with E-state index in [0.29, 0.717) is 6.54 Å². The lowest BCUT2D eigenvalue weighted by Gasteiger charge is -2.05. The molecular weight excluding hydrogens is 486 g/mol. The van der Waals surface area contributed by atoms with Crippen molar-refractivity contribution in [3.8, 4) is 0 Å². The number of unbranched alkanes of at least 4 members (excludes halogenated alkanes) is 33. The highest BCUT2D eigenvalue weighted by Gasteiger charge is 1.97. The number of carbonyl (C=O) groups excluding carboxylic acids is 1. The third-order valence-electron chi connectivity index (χ3n) is 8.93. The van der Waals surface area contributed by atoms with Crippen molar-refractivity contribution in [3.05, 3.63) is 0 Å². The zero-order chi connectivity index (χ0) is 28.9. The third kappa shape index (κ3) is 37.6. The van der Waals surface area contributed by atoms with Gasteiger partial charge in [0.25, 0.3) is 0 Å². The zero-order valence-electron chi connectivity index (χ0n) is 27.9. The Balaban J connectivity index is 3.02. The van der Waals surface area contributed by atoms with Gasteiger partial charge < -0.3 is 10.1 Å². The van der Waals surface area contributed by atoms with E-state index in [4.69, 9.17) is 0 Å². The van der Waals surface area contributed by atoms with E-state index in [1.165, 1.54) is 218 Å². The van der Waals surface area contributed by atoms with Crippen LogP contribution in [0, 0.1) is 0 Å². The van der Waals surface area contributed by atoms with Crippen molar-refractivity contribution in [2.75, 3.05) is 13.1 Å². The molecule has 0 amide bonds. The van der Waals surface area contributed by atoms with Gasteiger partial charge in [-0.1, -0.05) is 219 Å². The molecule has 0 aliphatic carbocycles. The standard InChI is InChI=1S/C38H77NO/c1-2-3-4-5-6-7-8-9-10-11-12-13-14-15-16-17-18-19-20-21-22-23-24-25-26-27-28-29-30-31-32-33-34-35-36-39-37-38-40/h38-39H,2-37H2,1H3. The molecule has 40 heavy (non-hydrogen) atoms. The van der Waals surface area contributed by atoms with Crippen LogP contribution in [0.15, 0.2) is 0 Å². The molecule has 0 heterocycles. The predicted molar refractivity (Wildman–Crippen MR) is 182 cm³/mol. The van der Waals surface area contributed by atoms with E-state index in [2.05, 4.69) is 12.2 Å². The van der Waals surface area contributed by atoms with Crippen molar-refractivity contribution in [1.82, 2.24) is 5.32 Å². The summed E-state index contributed by atoms with van der Waals surface area (Å²) in [6, 6.07) is 0. The normalized spacial score (nSPS) is 11.4. The second kappa shape index (κ2) is 38.6.